The first kappa shape index (κ1) is 20.5. The van der Waals surface area contributed by atoms with Gasteiger partial charge in [-0.1, -0.05) is 0 Å². The number of pyridine rings is 1. The summed E-state index contributed by atoms with van der Waals surface area (Å²) in [6, 6.07) is 3.12. The fourth-order valence-corrected chi connectivity index (χ4v) is 5.50. The van der Waals surface area contributed by atoms with Crippen LogP contribution in [0.4, 0.5) is 18.3 Å². The molecule has 2 aliphatic rings. The molecule has 0 spiro atoms. The summed E-state index contributed by atoms with van der Waals surface area (Å²) in [6.07, 6.45) is -1.62. The van der Waals surface area contributed by atoms with Gasteiger partial charge in [-0.05, 0) is 56.6 Å². The molecule has 2 bridgehead atoms. The SMILES string of the molecule is Cc1nsc(N2C[C@H]3CC[C@@H](C2)C3Cc2nc3c(O[C@H](C)C(F)(F)F)cccn3n2)n1. The average Bonchev–Trinajstić information content (AvgIpc) is 3.38. The Labute approximate surface area is 181 Å². The number of aryl methyl sites for hydroxylation is 1. The molecule has 4 heterocycles. The molecule has 166 valence electrons. The van der Waals surface area contributed by atoms with Crippen LogP contribution in [0.5, 0.6) is 5.75 Å². The Morgan fingerprint density at radius 1 is 1.23 bits per heavy atom. The Hall–Kier alpha value is -2.43. The number of ether oxygens (including phenoxy) is 1. The maximum Gasteiger partial charge on any atom is 0.425 e. The minimum absolute atomic E-state index is 0.0931. The van der Waals surface area contributed by atoms with Crippen LogP contribution < -0.4 is 9.64 Å². The Kier molecular flexibility index (Phi) is 5.03. The lowest BCUT2D eigenvalue weighted by Crippen LogP contribution is -2.42. The summed E-state index contributed by atoms with van der Waals surface area (Å²) in [4.78, 5) is 11.4. The zero-order valence-corrected chi connectivity index (χ0v) is 18.0. The Balaban J connectivity index is 1.33. The van der Waals surface area contributed by atoms with Crippen LogP contribution in [0.2, 0.25) is 0 Å². The lowest BCUT2D eigenvalue weighted by atomic mass is 9.82. The van der Waals surface area contributed by atoms with Crippen molar-refractivity contribution in [2.24, 2.45) is 17.8 Å². The number of rotatable bonds is 5. The molecule has 1 saturated heterocycles. The van der Waals surface area contributed by atoms with Crippen LogP contribution in [-0.4, -0.2) is 49.3 Å². The smallest absolute Gasteiger partial charge is 0.425 e. The minimum atomic E-state index is -4.44. The van der Waals surface area contributed by atoms with Crippen LogP contribution in [0, 0.1) is 24.7 Å². The largest absolute Gasteiger partial charge is 0.477 e. The third-order valence-electron chi connectivity index (χ3n) is 6.37. The summed E-state index contributed by atoms with van der Waals surface area (Å²) >= 11 is 1.45. The number of piperidine rings is 1. The zero-order valence-electron chi connectivity index (χ0n) is 17.2. The first-order valence-corrected chi connectivity index (χ1v) is 11.2. The Bertz CT molecular complexity index is 1070. The van der Waals surface area contributed by atoms with Crippen molar-refractivity contribution in [1.82, 2.24) is 24.0 Å². The van der Waals surface area contributed by atoms with Gasteiger partial charge in [-0.25, -0.2) is 14.5 Å². The third-order valence-corrected chi connectivity index (χ3v) is 7.24. The molecule has 3 aromatic rings. The topological polar surface area (TPSA) is 68.4 Å². The first-order chi connectivity index (χ1) is 14.8. The number of halogens is 3. The van der Waals surface area contributed by atoms with Gasteiger partial charge in [0, 0.05) is 37.2 Å². The fraction of sp³-hybridized carbons (Fsp3) is 0.600. The van der Waals surface area contributed by atoms with E-state index >= 15 is 0 Å². The van der Waals surface area contributed by atoms with Crippen molar-refractivity contribution in [3.8, 4) is 5.75 Å². The molecule has 5 rings (SSSR count). The highest BCUT2D eigenvalue weighted by Gasteiger charge is 2.43. The highest BCUT2D eigenvalue weighted by Crippen LogP contribution is 2.44. The molecule has 3 aromatic heterocycles. The number of hydrogen-bond donors (Lipinski definition) is 0. The second kappa shape index (κ2) is 7.61. The van der Waals surface area contributed by atoms with Crippen molar-refractivity contribution < 1.29 is 17.9 Å². The van der Waals surface area contributed by atoms with Crippen LogP contribution in [0.25, 0.3) is 5.65 Å². The third kappa shape index (κ3) is 3.95. The van der Waals surface area contributed by atoms with E-state index < -0.39 is 12.3 Å². The monoisotopic (exact) mass is 452 g/mol. The normalized spacial score (nSPS) is 24.7. The molecule has 0 N–H and O–H groups in total. The van der Waals surface area contributed by atoms with Gasteiger partial charge in [-0.2, -0.15) is 22.6 Å². The van der Waals surface area contributed by atoms with E-state index in [9.17, 15) is 13.2 Å². The van der Waals surface area contributed by atoms with Crippen molar-refractivity contribution in [3.05, 3.63) is 30.0 Å². The standard InChI is InChI=1S/C20H23F3N6OS/c1-11(20(21,22)23)30-16-4-3-7-29-18(16)25-17(26-29)8-15-13-5-6-14(15)10-28(9-13)19-24-12(2)27-31-19/h3-4,7,11,13-15H,5-6,8-10H2,1-2H3/t11-,13-,14+,15?/m1/s1. The zero-order chi connectivity index (χ0) is 21.8. The maximum atomic E-state index is 12.9. The molecule has 1 unspecified atom stereocenters. The van der Waals surface area contributed by atoms with Crippen LogP contribution in [0.1, 0.15) is 31.4 Å². The molecule has 1 aliphatic carbocycles. The molecular weight excluding hydrogens is 429 g/mol. The van der Waals surface area contributed by atoms with Crippen molar-refractivity contribution in [1.29, 1.82) is 0 Å². The predicted octanol–water partition coefficient (Wildman–Crippen LogP) is 3.92. The molecule has 1 saturated carbocycles. The molecule has 11 heteroatoms. The molecule has 31 heavy (non-hydrogen) atoms. The molecule has 0 aromatic carbocycles. The first-order valence-electron chi connectivity index (χ1n) is 10.4. The molecule has 7 nitrogen and oxygen atoms in total. The number of fused-ring (bicyclic) bond motifs is 3. The summed E-state index contributed by atoms with van der Waals surface area (Å²) in [5.74, 6) is 3.06. The van der Waals surface area contributed by atoms with Crippen LogP contribution >= 0.6 is 11.5 Å². The highest BCUT2D eigenvalue weighted by molar-refractivity contribution is 7.09. The van der Waals surface area contributed by atoms with Crippen molar-refractivity contribution >= 4 is 22.3 Å². The van der Waals surface area contributed by atoms with Crippen molar-refractivity contribution in [2.75, 3.05) is 18.0 Å². The van der Waals surface area contributed by atoms with Gasteiger partial charge >= 0.3 is 6.18 Å². The van der Waals surface area contributed by atoms with Crippen molar-refractivity contribution in [3.63, 3.8) is 0 Å². The number of anilines is 1. The van der Waals surface area contributed by atoms with Gasteiger partial charge in [0.25, 0.3) is 0 Å². The Morgan fingerprint density at radius 3 is 2.61 bits per heavy atom. The van der Waals surface area contributed by atoms with E-state index in [1.54, 1.807) is 12.3 Å². The Morgan fingerprint density at radius 2 is 1.97 bits per heavy atom. The fourth-order valence-electron chi connectivity index (χ4n) is 4.81. The van der Waals surface area contributed by atoms with Gasteiger partial charge in [-0.3, -0.25) is 0 Å². The van der Waals surface area contributed by atoms with Gasteiger partial charge in [0.15, 0.2) is 23.3 Å². The molecule has 1 aliphatic heterocycles. The number of alkyl halides is 3. The van der Waals surface area contributed by atoms with Gasteiger partial charge < -0.3 is 9.64 Å². The predicted molar refractivity (Wildman–Crippen MR) is 109 cm³/mol. The maximum absolute atomic E-state index is 12.9. The lowest BCUT2D eigenvalue weighted by molar-refractivity contribution is -0.189. The average molecular weight is 453 g/mol. The van der Waals surface area contributed by atoms with E-state index in [1.165, 1.54) is 22.1 Å². The number of hydrogen-bond acceptors (Lipinski definition) is 7. The molecule has 0 radical (unpaired) electrons. The van der Waals surface area contributed by atoms with Crippen LogP contribution in [0.15, 0.2) is 18.3 Å². The van der Waals surface area contributed by atoms with Gasteiger partial charge in [-0.15, -0.1) is 0 Å². The van der Waals surface area contributed by atoms with E-state index in [0.717, 1.165) is 43.8 Å². The van der Waals surface area contributed by atoms with Gasteiger partial charge in [0.05, 0.1) is 0 Å². The van der Waals surface area contributed by atoms with E-state index in [0.29, 0.717) is 35.6 Å². The molecule has 2 fully saturated rings. The molecule has 0 amide bonds. The van der Waals surface area contributed by atoms with Gasteiger partial charge in [0.2, 0.25) is 5.13 Å². The summed E-state index contributed by atoms with van der Waals surface area (Å²) in [5, 5.41) is 5.51. The summed E-state index contributed by atoms with van der Waals surface area (Å²) < 4.78 is 49.7. The highest BCUT2D eigenvalue weighted by atomic mass is 32.1. The summed E-state index contributed by atoms with van der Waals surface area (Å²) in [6.45, 7) is 4.79. The van der Waals surface area contributed by atoms with Crippen LogP contribution in [-0.2, 0) is 6.42 Å². The van der Waals surface area contributed by atoms with E-state index in [-0.39, 0.29) is 5.75 Å². The minimum Gasteiger partial charge on any atom is -0.477 e. The van der Waals surface area contributed by atoms with Crippen LogP contribution in [0.3, 0.4) is 0 Å². The quantitative estimate of drug-likeness (QED) is 0.585. The molecular formula is C20H23F3N6OS. The van der Waals surface area contributed by atoms with E-state index in [1.807, 2.05) is 6.92 Å². The van der Waals surface area contributed by atoms with E-state index in [4.69, 9.17) is 4.74 Å². The number of aromatic nitrogens is 5. The lowest BCUT2D eigenvalue weighted by Gasteiger charge is -2.37. The van der Waals surface area contributed by atoms with Gasteiger partial charge in [0.1, 0.15) is 5.82 Å². The number of nitrogens with zero attached hydrogens (tertiary/aromatic N) is 6. The second-order valence-corrected chi connectivity index (χ2v) is 9.20. The second-order valence-electron chi connectivity index (χ2n) is 8.46. The van der Waals surface area contributed by atoms with E-state index in [2.05, 4.69) is 24.3 Å². The van der Waals surface area contributed by atoms with Crippen molar-refractivity contribution in [2.45, 2.75) is 45.4 Å². The summed E-state index contributed by atoms with van der Waals surface area (Å²) in [5.41, 5.74) is 0.322. The summed E-state index contributed by atoms with van der Waals surface area (Å²) in [7, 11) is 0. The molecule has 4 atom stereocenters.